The minimum atomic E-state index is 0.870. The third-order valence-electron chi connectivity index (χ3n) is 5.18. The van der Waals surface area contributed by atoms with Gasteiger partial charge in [-0.15, -0.1) is 0 Å². The molecule has 2 N–H and O–H groups in total. The van der Waals surface area contributed by atoms with E-state index in [1.165, 1.54) is 35.3 Å². The Morgan fingerprint density at radius 2 is 1.71 bits per heavy atom. The maximum absolute atomic E-state index is 5.85. The van der Waals surface area contributed by atoms with Crippen LogP contribution in [-0.4, -0.2) is 37.6 Å². The molecule has 2 aromatic carbocycles. The summed E-state index contributed by atoms with van der Waals surface area (Å²) in [6, 6.07) is 14.9. The Hall–Kier alpha value is -2.00. The first-order chi connectivity index (χ1) is 11.6. The van der Waals surface area contributed by atoms with Crippen molar-refractivity contribution in [2.24, 2.45) is 0 Å². The van der Waals surface area contributed by atoms with Crippen LogP contribution >= 0.6 is 0 Å². The van der Waals surface area contributed by atoms with Crippen LogP contribution < -0.4 is 10.6 Å². The molecular weight excluding hydrogens is 294 g/mol. The van der Waals surface area contributed by atoms with Gasteiger partial charge in [0.25, 0.3) is 0 Å². The van der Waals surface area contributed by atoms with Gasteiger partial charge < -0.3 is 10.6 Å². The van der Waals surface area contributed by atoms with E-state index in [0.717, 1.165) is 38.3 Å². The molecule has 0 radical (unpaired) electrons. The molecule has 3 rings (SSSR count). The second-order valence-electron chi connectivity index (χ2n) is 6.90. The Morgan fingerprint density at radius 3 is 2.46 bits per heavy atom. The molecule has 1 saturated heterocycles. The highest BCUT2D eigenvalue weighted by atomic mass is 15.3. The Bertz CT molecular complexity index is 673. The van der Waals surface area contributed by atoms with E-state index in [1.54, 1.807) is 0 Å². The molecule has 1 aliphatic heterocycles. The summed E-state index contributed by atoms with van der Waals surface area (Å²) in [5, 5.41) is 0. The lowest BCUT2D eigenvalue weighted by Gasteiger charge is -2.37. The van der Waals surface area contributed by atoms with Crippen LogP contribution in [0.5, 0.6) is 0 Å². The molecule has 3 heteroatoms. The normalized spacial score (nSPS) is 15.7. The molecule has 0 amide bonds. The van der Waals surface area contributed by atoms with Crippen molar-refractivity contribution in [1.82, 2.24) is 4.90 Å². The van der Waals surface area contributed by atoms with Gasteiger partial charge in [-0.25, -0.2) is 0 Å². The second kappa shape index (κ2) is 7.71. The predicted molar refractivity (Wildman–Crippen MR) is 104 cm³/mol. The minimum absolute atomic E-state index is 0.870. The van der Waals surface area contributed by atoms with Crippen LogP contribution in [-0.2, 0) is 6.42 Å². The van der Waals surface area contributed by atoms with Gasteiger partial charge in [-0.05, 0) is 68.1 Å². The fraction of sp³-hybridized carbons (Fsp3) is 0.429. The lowest BCUT2D eigenvalue weighted by molar-refractivity contribution is 0.255. The molecule has 0 aliphatic carbocycles. The number of aryl methyl sites for hydroxylation is 2. The van der Waals surface area contributed by atoms with Gasteiger partial charge in [-0.3, -0.25) is 4.90 Å². The van der Waals surface area contributed by atoms with E-state index in [4.69, 9.17) is 5.73 Å². The third kappa shape index (κ3) is 4.09. The SMILES string of the molecule is Cc1cccc(N2CCN(CCCc3cccc(N)c3)CC2)c1C. The summed E-state index contributed by atoms with van der Waals surface area (Å²) >= 11 is 0. The van der Waals surface area contributed by atoms with Gasteiger partial charge in [0.1, 0.15) is 0 Å². The van der Waals surface area contributed by atoms with Crippen LogP contribution in [0.1, 0.15) is 23.1 Å². The van der Waals surface area contributed by atoms with Crippen LogP contribution in [0.4, 0.5) is 11.4 Å². The third-order valence-corrected chi connectivity index (χ3v) is 5.18. The number of hydrogen-bond donors (Lipinski definition) is 1. The molecule has 128 valence electrons. The lowest BCUT2D eigenvalue weighted by atomic mass is 10.1. The number of nitrogens with two attached hydrogens (primary N) is 1. The van der Waals surface area contributed by atoms with Crippen molar-refractivity contribution in [2.75, 3.05) is 43.4 Å². The average Bonchev–Trinajstić information content (AvgIpc) is 2.58. The molecule has 0 atom stereocenters. The fourth-order valence-electron chi connectivity index (χ4n) is 3.55. The number of hydrogen-bond acceptors (Lipinski definition) is 3. The van der Waals surface area contributed by atoms with Crippen molar-refractivity contribution in [3.05, 3.63) is 59.2 Å². The van der Waals surface area contributed by atoms with Crippen LogP contribution in [0.25, 0.3) is 0 Å². The van der Waals surface area contributed by atoms with Gasteiger partial charge in [-0.1, -0.05) is 24.3 Å². The summed E-state index contributed by atoms with van der Waals surface area (Å²) in [5.41, 5.74) is 12.3. The van der Waals surface area contributed by atoms with E-state index in [9.17, 15) is 0 Å². The van der Waals surface area contributed by atoms with Crippen molar-refractivity contribution in [2.45, 2.75) is 26.7 Å². The van der Waals surface area contributed by atoms with Crippen molar-refractivity contribution in [3.8, 4) is 0 Å². The molecule has 0 aromatic heterocycles. The molecule has 24 heavy (non-hydrogen) atoms. The van der Waals surface area contributed by atoms with E-state index in [-0.39, 0.29) is 0 Å². The number of benzene rings is 2. The number of nitrogen functional groups attached to an aromatic ring is 1. The summed E-state index contributed by atoms with van der Waals surface area (Å²) in [4.78, 5) is 5.13. The molecule has 0 unspecified atom stereocenters. The Morgan fingerprint density at radius 1 is 0.958 bits per heavy atom. The molecule has 1 aliphatic rings. The Kier molecular flexibility index (Phi) is 5.41. The maximum Gasteiger partial charge on any atom is 0.0399 e. The summed E-state index contributed by atoms with van der Waals surface area (Å²) in [6.07, 6.45) is 2.31. The van der Waals surface area contributed by atoms with Crippen LogP contribution in [0, 0.1) is 13.8 Å². The average molecular weight is 323 g/mol. The summed E-state index contributed by atoms with van der Waals surface area (Å²) < 4.78 is 0. The summed E-state index contributed by atoms with van der Waals surface area (Å²) in [5.74, 6) is 0. The van der Waals surface area contributed by atoms with Gasteiger partial charge in [0, 0.05) is 37.6 Å². The molecule has 3 nitrogen and oxygen atoms in total. The highest BCUT2D eigenvalue weighted by Crippen LogP contribution is 2.23. The number of rotatable bonds is 5. The summed E-state index contributed by atoms with van der Waals surface area (Å²) in [7, 11) is 0. The van der Waals surface area contributed by atoms with Gasteiger partial charge in [0.15, 0.2) is 0 Å². The predicted octanol–water partition coefficient (Wildman–Crippen LogP) is 3.64. The van der Waals surface area contributed by atoms with Crippen molar-refractivity contribution in [1.29, 1.82) is 0 Å². The smallest absolute Gasteiger partial charge is 0.0399 e. The van der Waals surface area contributed by atoms with E-state index in [2.05, 4.69) is 54.0 Å². The number of anilines is 2. The standard InChI is InChI=1S/C21H29N3/c1-17-6-3-10-21(18(17)2)24-14-12-23(13-15-24)11-5-8-19-7-4-9-20(22)16-19/h3-4,6-7,9-10,16H,5,8,11-15,22H2,1-2H3. The van der Waals surface area contributed by atoms with Crippen molar-refractivity contribution >= 4 is 11.4 Å². The minimum Gasteiger partial charge on any atom is -0.399 e. The van der Waals surface area contributed by atoms with E-state index >= 15 is 0 Å². The maximum atomic E-state index is 5.85. The Balaban J connectivity index is 1.46. The van der Waals surface area contributed by atoms with E-state index in [0.29, 0.717) is 0 Å². The zero-order valence-electron chi connectivity index (χ0n) is 15.0. The molecule has 0 spiro atoms. The summed E-state index contributed by atoms with van der Waals surface area (Å²) in [6.45, 7) is 10.2. The van der Waals surface area contributed by atoms with Crippen molar-refractivity contribution in [3.63, 3.8) is 0 Å². The number of nitrogens with zero attached hydrogens (tertiary/aromatic N) is 2. The molecular formula is C21H29N3. The monoisotopic (exact) mass is 323 g/mol. The lowest BCUT2D eigenvalue weighted by Crippen LogP contribution is -2.46. The Labute approximate surface area is 146 Å². The first-order valence-corrected chi connectivity index (χ1v) is 9.01. The molecule has 1 fully saturated rings. The molecule has 0 bridgehead atoms. The second-order valence-corrected chi connectivity index (χ2v) is 6.90. The largest absolute Gasteiger partial charge is 0.399 e. The number of piperazine rings is 1. The van der Waals surface area contributed by atoms with Gasteiger partial charge in [-0.2, -0.15) is 0 Å². The van der Waals surface area contributed by atoms with Gasteiger partial charge in [0.05, 0.1) is 0 Å². The quantitative estimate of drug-likeness (QED) is 0.853. The van der Waals surface area contributed by atoms with Crippen LogP contribution in [0.15, 0.2) is 42.5 Å². The highest BCUT2D eigenvalue weighted by Gasteiger charge is 2.18. The zero-order chi connectivity index (χ0) is 16.9. The first kappa shape index (κ1) is 16.8. The van der Waals surface area contributed by atoms with Gasteiger partial charge in [0.2, 0.25) is 0 Å². The molecule has 2 aromatic rings. The van der Waals surface area contributed by atoms with E-state index < -0.39 is 0 Å². The topological polar surface area (TPSA) is 32.5 Å². The van der Waals surface area contributed by atoms with Crippen LogP contribution in [0.3, 0.4) is 0 Å². The fourth-order valence-corrected chi connectivity index (χ4v) is 3.55. The van der Waals surface area contributed by atoms with E-state index in [1.807, 2.05) is 12.1 Å². The van der Waals surface area contributed by atoms with Gasteiger partial charge >= 0.3 is 0 Å². The first-order valence-electron chi connectivity index (χ1n) is 9.01. The van der Waals surface area contributed by atoms with Crippen LogP contribution in [0.2, 0.25) is 0 Å². The highest BCUT2D eigenvalue weighted by molar-refractivity contribution is 5.56. The molecule has 1 heterocycles. The van der Waals surface area contributed by atoms with Crippen molar-refractivity contribution < 1.29 is 0 Å². The molecule has 0 saturated carbocycles. The zero-order valence-corrected chi connectivity index (χ0v) is 15.0.